The number of anilines is 1. The van der Waals surface area contributed by atoms with Crippen LogP contribution in [0, 0.1) is 0 Å². The first-order chi connectivity index (χ1) is 10.5. The molecule has 0 saturated heterocycles. The van der Waals surface area contributed by atoms with Crippen LogP contribution in [0.5, 0.6) is 0 Å². The molecule has 1 aromatic carbocycles. The minimum atomic E-state index is -1.86. The molecule has 0 fully saturated rings. The number of amides is 1. The third kappa shape index (κ3) is 2.19. The summed E-state index contributed by atoms with van der Waals surface area (Å²) >= 11 is 3.34. The Hall–Kier alpha value is -1.92. The molecule has 1 amide bonds. The number of aliphatic hydroxyl groups is 1. The Morgan fingerprint density at radius 3 is 2.82 bits per heavy atom. The van der Waals surface area contributed by atoms with E-state index in [9.17, 15) is 14.7 Å². The number of halogens is 1. The van der Waals surface area contributed by atoms with E-state index in [1.165, 1.54) is 17.2 Å². The van der Waals surface area contributed by atoms with Crippen LogP contribution in [0.15, 0.2) is 45.5 Å². The maximum Gasteiger partial charge on any atom is 0.264 e. The standard InChI is InChI=1S/C16H14BrNO4/c1-2-18-12-6-5-10(17)8-11(12)16(21,15(18)20)9-13(19)14-4-3-7-22-14/h3-8,21H,2,9H2,1H3. The molecular weight excluding hydrogens is 350 g/mol. The van der Waals surface area contributed by atoms with Crippen LogP contribution in [0.1, 0.15) is 29.5 Å². The van der Waals surface area contributed by atoms with Crippen LogP contribution in [-0.2, 0) is 10.4 Å². The number of carbonyl (C=O) groups excluding carboxylic acids is 2. The third-order valence-corrected chi connectivity index (χ3v) is 4.32. The van der Waals surface area contributed by atoms with Crippen LogP contribution < -0.4 is 4.90 Å². The molecule has 1 N–H and O–H groups in total. The van der Waals surface area contributed by atoms with E-state index in [1.807, 2.05) is 6.92 Å². The van der Waals surface area contributed by atoms with E-state index in [0.29, 0.717) is 17.8 Å². The Morgan fingerprint density at radius 1 is 1.41 bits per heavy atom. The molecule has 3 rings (SSSR count). The lowest BCUT2D eigenvalue weighted by atomic mass is 9.89. The van der Waals surface area contributed by atoms with Crippen molar-refractivity contribution < 1.29 is 19.1 Å². The van der Waals surface area contributed by atoms with Gasteiger partial charge >= 0.3 is 0 Å². The number of nitrogens with zero attached hydrogens (tertiary/aromatic N) is 1. The van der Waals surface area contributed by atoms with E-state index in [0.717, 1.165) is 4.47 Å². The summed E-state index contributed by atoms with van der Waals surface area (Å²) in [4.78, 5) is 26.4. The van der Waals surface area contributed by atoms with Crippen LogP contribution >= 0.6 is 15.9 Å². The molecule has 1 unspecified atom stereocenters. The molecule has 0 bridgehead atoms. The number of carbonyl (C=O) groups is 2. The maximum atomic E-state index is 12.6. The molecule has 5 nitrogen and oxygen atoms in total. The summed E-state index contributed by atoms with van der Waals surface area (Å²) in [5, 5.41) is 10.9. The lowest BCUT2D eigenvalue weighted by Crippen LogP contribution is -2.41. The third-order valence-electron chi connectivity index (χ3n) is 3.82. The van der Waals surface area contributed by atoms with Crippen LogP contribution in [0.25, 0.3) is 0 Å². The van der Waals surface area contributed by atoms with E-state index in [1.54, 1.807) is 24.3 Å². The maximum absolute atomic E-state index is 12.6. The van der Waals surface area contributed by atoms with E-state index in [-0.39, 0.29) is 12.2 Å². The summed E-state index contributed by atoms with van der Waals surface area (Å²) in [6.07, 6.45) is 1.04. The van der Waals surface area contributed by atoms with Gasteiger partial charge in [-0.1, -0.05) is 15.9 Å². The van der Waals surface area contributed by atoms with Gasteiger partial charge in [-0.2, -0.15) is 0 Å². The SMILES string of the molecule is CCN1C(=O)C(O)(CC(=O)c2ccco2)c2cc(Br)ccc21. The second kappa shape index (κ2) is 5.37. The van der Waals surface area contributed by atoms with Crippen molar-refractivity contribution in [3.63, 3.8) is 0 Å². The van der Waals surface area contributed by atoms with Gasteiger partial charge in [0.25, 0.3) is 5.91 Å². The van der Waals surface area contributed by atoms with Gasteiger partial charge in [0, 0.05) is 16.6 Å². The summed E-state index contributed by atoms with van der Waals surface area (Å²) in [6, 6.07) is 8.35. The Morgan fingerprint density at radius 2 is 2.18 bits per heavy atom. The van der Waals surface area contributed by atoms with Gasteiger partial charge in [-0.05, 0) is 37.3 Å². The molecule has 22 heavy (non-hydrogen) atoms. The Labute approximate surface area is 135 Å². The zero-order chi connectivity index (χ0) is 15.9. The van der Waals surface area contributed by atoms with E-state index < -0.39 is 17.3 Å². The highest BCUT2D eigenvalue weighted by Gasteiger charge is 2.50. The van der Waals surface area contributed by atoms with Crippen molar-refractivity contribution in [3.05, 3.63) is 52.4 Å². The van der Waals surface area contributed by atoms with Crippen molar-refractivity contribution in [3.8, 4) is 0 Å². The summed E-state index contributed by atoms with van der Waals surface area (Å²) < 4.78 is 5.79. The molecular formula is C16H14BrNO4. The second-order valence-corrected chi connectivity index (χ2v) is 6.06. The molecule has 1 atom stereocenters. The van der Waals surface area contributed by atoms with Crippen molar-refractivity contribution >= 4 is 33.3 Å². The molecule has 114 valence electrons. The number of hydrogen-bond donors (Lipinski definition) is 1. The molecule has 0 spiro atoms. The van der Waals surface area contributed by atoms with Gasteiger partial charge in [0.1, 0.15) is 0 Å². The quantitative estimate of drug-likeness (QED) is 0.847. The molecule has 2 aromatic rings. The molecule has 0 saturated carbocycles. The number of rotatable bonds is 4. The molecule has 1 aromatic heterocycles. The largest absolute Gasteiger partial charge is 0.461 e. The molecule has 6 heteroatoms. The van der Waals surface area contributed by atoms with E-state index in [4.69, 9.17) is 4.42 Å². The number of Topliss-reactive ketones (excluding diaryl/α,β-unsaturated/α-hetero) is 1. The van der Waals surface area contributed by atoms with Gasteiger partial charge in [0.05, 0.1) is 18.4 Å². The number of benzene rings is 1. The highest BCUT2D eigenvalue weighted by molar-refractivity contribution is 9.10. The Bertz CT molecular complexity index is 741. The van der Waals surface area contributed by atoms with Crippen LogP contribution in [0.3, 0.4) is 0 Å². The number of likely N-dealkylation sites (N-methyl/N-ethyl adjacent to an activating group) is 1. The molecule has 2 heterocycles. The van der Waals surface area contributed by atoms with Crippen molar-refractivity contribution in [2.75, 3.05) is 11.4 Å². The molecule has 0 radical (unpaired) electrons. The van der Waals surface area contributed by atoms with Gasteiger partial charge in [0.15, 0.2) is 11.4 Å². The predicted octanol–water partition coefficient (Wildman–Crippen LogP) is 2.87. The average Bonchev–Trinajstić information content (AvgIpc) is 3.08. The second-order valence-electron chi connectivity index (χ2n) is 5.15. The van der Waals surface area contributed by atoms with Gasteiger partial charge < -0.3 is 14.4 Å². The van der Waals surface area contributed by atoms with E-state index in [2.05, 4.69) is 15.9 Å². The Balaban J connectivity index is 2.04. The van der Waals surface area contributed by atoms with Gasteiger partial charge in [-0.25, -0.2) is 0 Å². The smallest absolute Gasteiger partial charge is 0.264 e. The van der Waals surface area contributed by atoms with E-state index >= 15 is 0 Å². The monoisotopic (exact) mass is 363 g/mol. The highest BCUT2D eigenvalue weighted by atomic mass is 79.9. The molecule has 0 aliphatic carbocycles. The molecule has 1 aliphatic heterocycles. The summed E-state index contributed by atoms with van der Waals surface area (Å²) in [5.74, 6) is -0.763. The zero-order valence-electron chi connectivity index (χ0n) is 11.9. The first-order valence-corrected chi connectivity index (χ1v) is 7.67. The minimum absolute atomic E-state index is 0.132. The van der Waals surface area contributed by atoms with Crippen LogP contribution in [-0.4, -0.2) is 23.3 Å². The topological polar surface area (TPSA) is 70.8 Å². The van der Waals surface area contributed by atoms with Crippen molar-refractivity contribution in [1.29, 1.82) is 0 Å². The van der Waals surface area contributed by atoms with Gasteiger partial charge in [0.2, 0.25) is 5.78 Å². The predicted molar refractivity (Wildman–Crippen MR) is 83.7 cm³/mol. The normalized spacial score (nSPS) is 20.3. The zero-order valence-corrected chi connectivity index (χ0v) is 13.5. The van der Waals surface area contributed by atoms with Crippen molar-refractivity contribution in [2.24, 2.45) is 0 Å². The fourth-order valence-electron chi connectivity index (χ4n) is 2.76. The first-order valence-electron chi connectivity index (χ1n) is 6.88. The van der Waals surface area contributed by atoms with Gasteiger partial charge in [-0.3, -0.25) is 9.59 Å². The van der Waals surface area contributed by atoms with Crippen molar-refractivity contribution in [2.45, 2.75) is 18.9 Å². The summed E-state index contributed by atoms with van der Waals surface area (Å²) in [6.45, 7) is 2.24. The number of ketones is 1. The lowest BCUT2D eigenvalue weighted by Gasteiger charge is -2.21. The Kier molecular flexibility index (Phi) is 3.66. The lowest BCUT2D eigenvalue weighted by molar-refractivity contribution is -0.135. The molecule has 1 aliphatic rings. The first kappa shape index (κ1) is 15.0. The van der Waals surface area contributed by atoms with Gasteiger partial charge in [-0.15, -0.1) is 0 Å². The fraction of sp³-hybridized carbons (Fsp3) is 0.250. The summed E-state index contributed by atoms with van der Waals surface area (Å²) in [7, 11) is 0. The fourth-order valence-corrected chi connectivity index (χ4v) is 3.13. The number of furan rings is 1. The average molecular weight is 364 g/mol. The van der Waals surface area contributed by atoms with Crippen LogP contribution in [0.2, 0.25) is 0 Å². The number of hydrogen-bond acceptors (Lipinski definition) is 4. The number of fused-ring (bicyclic) bond motifs is 1. The van der Waals surface area contributed by atoms with Crippen molar-refractivity contribution in [1.82, 2.24) is 0 Å². The highest BCUT2D eigenvalue weighted by Crippen LogP contribution is 2.43. The summed E-state index contributed by atoms with van der Waals surface area (Å²) in [5.41, 5.74) is -0.794. The minimum Gasteiger partial charge on any atom is -0.461 e. The van der Waals surface area contributed by atoms with Crippen LogP contribution in [0.4, 0.5) is 5.69 Å².